The Bertz CT molecular complexity index is 3400. The monoisotopic (exact) mass is 841 g/mol. The molecule has 1 spiro atoms. The van der Waals surface area contributed by atoms with E-state index in [9.17, 15) is 0 Å². The zero-order chi connectivity index (χ0) is 44.0. The molecule has 0 atom stereocenters. The van der Waals surface area contributed by atoms with E-state index in [0.717, 1.165) is 17.1 Å². The molecule has 3 aliphatic carbocycles. The van der Waals surface area contributed by atoms with Gasteiger partial charge in [0.2, 0.25) is 0 Å². The van der Waals surface area contributed by atoms with Gasteiger partial charge in [0.25, 0.3) is 0 Å². The van der Waals surface area contributed by atoms with Crippen molar-refractivity contribution in [3.8, 4) is 33.4 Å². The van der Waals surface area contributed by atoms with Crippen LogP contribution in [0.15, 0.2) is 249 Å². The maximum Gasteiger partial charge on any atom is 0.0720 e. The molecule has 0 radical (unpaired) electrons. The fourth-order valence-corrected chi connectivity index (χ4v) is 12.4. The van der Waals surface area contributed by atoms with Gasteiger partial charge in [-0.2, -0.15) is 0 Å². The minimum absolute atomic E-state index is 0.145. The Morgan fingerprint density at radius 3 is 1.17 bits per heavy atom. The number of hydrogen-bond acceptors (Lipinski definition) is 1. The van der Waals surface area contributed by atoms with Crippen LogP contribution in [-0.4, -0.2) is 0 Å². The Morgan fingerprint density at radius 1 is 0.258 bits per heavy atom. The predicted molar refractivity (Wildman–Crippen MR) is 273 cm³/mol. The van der Waals surface area contributed by atoms with Crippen molar-refractivity contribution in [2.45, 2.75) is 30.1 Å². The van der Waals surface area contributed by atoms with Crippen LogP contribution in [0.5, 0.6) is 0 Å². The largest absolute Gasteiger partial charge is 0.310 e. The fourth-order valence-electron chi connectivity index (χ4n) is 12.4. The lowest BCUT2D eigenvalue weighted by Crippen LogP contribution is -2.44. The molecule has 1 nitrogen and oxygen atoms in total. The maximum atomic E-state index is 2.53. The minimum Gasteiger partial charge on any atom is -0.310 e. The maximum absolute atomic E-state index is 2.53. The van der Waals surface area contributed by atoms with Crippen LogP contribution in [0.25, 0.3) is 33.4 Å². The second-order valence-corrected chi connectivity index (χ2v) is 18.7. The first kappa shape index (κ1) is 38.5. The third-order valence-corrected chi connectivity index (χ3v) is 15.2. The van der Waals surface area contributed by atoms with Gasteiger partial charge < -0.3 is 4.90 Å². The van der Waals surface area contributed by atoms with E-state index in [1.165, 1.54) is 89.0 Å². The average molecular weight is 842 g/mol. The van der Waals surface area contributed by atoms with Gasteiger partial charge in [0, 0.05) is 22.5 Å². The highest BCUT2D eigenvalue weighted by atomic mass is 15.1. The van der Waals surface area contributed by atoms with Gasteiger partial charge in [0.05, 0.1) is 10.8 Å². The van der Waals surface area contributed by atoms with Crippen LogP contribution in [0.4, 0.5) is 17.1 Å². The van der Waals surface area contributed by atoms with Crippen molar-refractivity contribution in [1.29, 1.82) is 0 Å². The first-order valence-electron chi connectivity index (χ1n) is 23.3. The highest BCUT2D eigenvalue weighted by Crippen LogP contribution is 2.65. The minimum atomic E-state index is -0.605. The van der Waals surface area contributed by atoms with Gasteiger partial charge in [-0.15, -0.1) is 0 Å². The van der Waals surface area contributed by atoms with E-state index in [2.05, 4.69) is 267 Å². The molecular formula is C65H47N. The number of fused-ring (bicyclic) bond motifs is 12. The molecule has 3 aliphatic rings. The molecule has 0 N–H and O–H groups in total. The highest BCUT2D eigenvalue weighted by molar-refractivity contribution is 5.93. The molecule has 0 bridgehead atoms. The summed E-state index contributed by atoms with van der Waals surface area (Å²) in [4.78, 5) is 2.49. The van der Waals surface area contributed by atoms with Crippen LogP contribution >= 0.6 is 0 Å². The predicted octanol–water partition coefficient (Wildman–Crippen LogP) is 16.2. The van der Waals surface area contributed by atoms with Gasteiger partial charge in [-0.3, -0.25) is 0 Å². The van der Waals surface area contributed by atoms with Crippen LogP contribution < -0.4 is 4.90 Å². The Morgan fingerprint density at radius 2 is 0.621 bits per heavy atom. The van der Waals surface area contributed by atoms with Gasteiger partial charge >= 0.3 is 0 Å². The number of hydrogen-bond donors (Lipinski definition) is 0. The topological polar surface area (TPSA) is 3.24 Å². The first-order chi connectivity index (χ1) is 32.5. The lowest BCUT2D eigenvalue weighted by molar-refractivity contribution is 0.623. The van der Waals surface area contributed by atoms with Crippen LogP contribution in [0.1, 0.15) is 69.5 Å². The van der Waals surface area contributed by atoms with Crippen molar-refractivity contribution in [2.75, 3.05) is 4.90 Å². The molecule has 0 amide bonds. The first-order valence-corrected chi connectivity index (χ1v) is 23.3. The molecule has 312 valence electrons. The number of nitrogens with zero attached hydrogens (tertiary/aromatic N) is 1. The summed E-state index contributed by atoms with van der Waals surface area (Å²) >= 11 is 0. The summed E-state index contributed by atoms with van der Waals surface area (Å²) < 4.78 is 0. The summed E-state index contributed by atoms with van der Waals surface area (Å²) in [6.07, 6.45) is 0. The molecule has 0 saturated heterocycles. The van der Waals surface area contributed by atoms with Gasteiger partial charge in [-0.05, 0) is 125 Å². The molecule has 0 aliphatic heterocycles. The van der Waals surface area contributed by atoms with Gasteiger partial charge in [0.15, 0.2) is 0 Å². The Hall–Kier alpha value is -8.00. The van der Waals surface area contributed by atoms with E-state index in [1.807, 2.05) is 0 Å². The quantitative estimate of drug-likeness (QED) is 0.161. The van der Waals surface area contributed by atoms with E-state index in [-0.39, 0.29) is 5.41 Å². The van der Waals surface area contributed by atoms with Gasteiger partial charge in [0.1, 0.15) is 0 Å². The van der Waals surface area contributed by atoms with E-state index in [4.69, 9.17) is 0 Å². The van der Waals surface area contributed by atoms with Crippen LogP contribution in [-0.2, 0) is 16.2 Å². The summed E-state index contributed by atoms with van der Waals surface area (Å²) in [6.45, 7) is 4.75. The molecule has 66 heavy (non-hydrogen) atoms. The lowest BCUT2D eigenvalue weighted by Gasteiger charge is -2.50. The third-order valence-electron chi connectivity index (χ3n) is 15.2. The zero-order valence-corrected chi connectivity index (χ0v) is 37.1. The Kier molecular flexibility index (Phi) is 8.45. The van der Waals surface area contributed by atoms with Crippen LogP contribution in [0.3, 0.4) is 0 Å². The summed E-state index contributed by atoms with van der Waals surface area (Å²) in [5.74, 6) is 0. The molecule has 0 fully saturated rings. The molecule has 0 aromatic heterocycles. The normalized spacial score (nSPS) is 14.9. The number of benzene rings is 10. The molecule has 0 heterocycles. The van der Waals surface area contributed by atoms with Crippen molar-refractivity contribution in [3.05, 3.63) is 304 Å². The Balaban J connectivity index is 1.08. The van der Waals surface area contributed by atoms with Crippen molar-refractivity contribution in [2.24, 2.45) is 0 Å². The standard InChI is InChI=1S/C65H47N/c1-63(2)55-28-14-12-26-51(55)53-40-38-49(42-61(53)63)66(48-36-34-45(35-37-48)44-20-6-3-7-21-44)50-39-41-54-52-27-13-15-29-56(52)65(62(54)43-50)59-32-18-16-30-57(59)64(46-22-8-4-9-23-46,47-24-10-5-11-25-47)58-31-17-19-33-60(58)65/h3-43H,1-2H3. The van der Waals surface area contributed by atoms with E-state index in [1.54, 1.807) is 0 Å². The summed E-state index contributed by atoms with van der Waals surface area (Å²) in [7, 11) is 0. The Labute approximate surface area is 388 Å². The van der Waals surface area contributed by atoms with Crippen molar-refractivity contribution >= 4 is 17.1 Å². The number of anilines is 3. The van der Waals surface area contributed by atoms with Gasteiger partial charge in [-0.1, -0.05) is 226 Å². The molecule has 10 aromatic carbocycles. The summed E-state index contributed by atoms with van der Waals surface area (Å²) in [5, 5.41) is 0. The number of rotatable bonds is 6. The summed E-state index contributed by atoms with van der Waals surface area (Å²) in [6, 6.07) is 93.4. The molecule has 0 unspecified atom stereocenters. The van der Waals surface area contributed by atoms with Gasteiger partial charge in [-0.25, -0.2) is 0 Å². The van der Waals surface area contributed by atoms with E-state index in [0.29, 0.717) is 0 Å². The lowest BCUT2D eigenvalue weighted by atomic mass is 9.51. The molecule has 0 saturated carbocycles. The zero-order valence-electron chi connectivity index (χ0n) is 37.1. The van der Waals surface area contributed by atoms with Crippen LogP contribution in [0, 0.1) is 0 Å². The molecule has 10 aromatic rings. The van der Waals surface area contributed by atoms with E-state index < -0.39 is 10.8 Å². The van der Waals surface area contributed by atoms with Crippen molar-refractivity contribution < 1.29 is 0 Å². The van der Waals surface area contributed by atoms with Crippen molar-refractivity contribution in [1.82, 2.24) is 0 Å². The molecule has 1 heteroatoms. The second kappa shape index (κ2) is 14.5. The molecule has 13 rings (SSSR count). The highest BCUT2D eigenvalue weighted by Gasteiger charge is 2.56. The van der Waals surface area contributed by atoms with E-state index >= 15 is 0 Å². The SMILES string of the molecule is CC1(C)c2ccccc2-c2ccc(N(c3ccc(-c4ccccc4)cc3)c3ccc4c(c3)C3(c5ccccc5-4)c4ccccc4C(c4ccccc4)(c4ccccc4)c4ccccc43)cc21. The van der Waals surface area contributed by atoms with Crippen molar-refractivity contribution in [3.63, 3.8) is 0 Å². The molecular weight excluding hydrogens is 795 g/mol. The summed E-state index contributed by atoms with van der Waals surface area (Å²) in [5.41, 5.74) is 22.8. The average Bonchev–Trinajstić information content (AvgIpc) is 3.80. The third kappa shape index (κ3) is 5.23. The smallest absolute Gasteiger partial charge is 0.0720 e. The fraction of sp³-hybridized carbons (Fsp3) is 0.0769. The second-order valence-electron chi connectivity index (χ2n) is 18.7. The van der Waals surface area contributed by atoms with Crippen LogP contribution in [0.2, 0.25) is 0 Å².